The van der Waals surface area contributed by atoms with Gasteiger partial charge in [-0.2, -0.15) is 5.10 Å². The second-order valence-electron chi connectivity index (χ2n) is 7.75. The van der Waals surface area contributed by atoms with Crippen LogP contribution in [0.25, 0.3) is 17.1 Å². The monoisotopic (exact) mass is 501 g/mol. The van der Waals surface area contributed by atoms with E-state index in [4.69, 9.17) is 16.1 Å². The number of aromatic carboxylic acids is 2. The van der Waals surface area contributed by atoms with Crippen LogP contribution in [0.1, 0.15) is 32.0 Å². The van der Waals surface area contributed by atoms with E-state index in [1.807, 2.05) is 6.92 Å². The van der Waals surface area contributed by atoms with Gasteiger partial charge in [0, 0.05) is 12.1 Å². The Morgan fingerprint density at radius 3 is 2.24 bits per heavy atom. The van der Waals surface area contributed by atoms with Crippen molar-refractivity contribution in [1.29, 1.82) is 0 Å². The van der Waals surface area contributed by atoms with Crippen LogP contribution < -0.4 is 5.84 Å². The number of carboxylic acids is 2. The number of carbonyl (C=O) groups is 2. The van der Waals surface area contributed by atoms with Crippen LogP contribution in [0.3, 0.4) is 0 Å². The topological polar surface area (TPSA) is 209 Å². The molecule has 4 rings (SSSR count). The molecule has 0 atom stereocenters. The first kappa shape index (κ1) is 24.5. The van der Waals surface area contributed by atoms with Gasteiger partial charge in [0.2, 0.25) is 0 Å². The van der Waals surface area contributed by atoms with Crippen LogP contribution in [0.5, 0.6) is 11.5 Å². The molecule has 0 radical (unpaired) electrons. The summed E-state index contributed by atoms with van der Waals surface area (Å²) in [5, 5.41) is 49.8. The highest BCUT2D eigenvalue weighted by Gasteiger charge is 2.14. The van der Waals surface area contributed by atoms with E-state index in [9.17, 15) is 19.8 Å². The zero-order valence-corrected chi connectivity index (χ0v) is 19.1. The third-order valence-corrected chi connectivity index (χ3v) is 5.15. The van der Waals surface area contributed by atoms with Crippen molar-refractivity contribution in [3.05, 3.63) is 77.1 Å². The van der Waals surface area contributed by atoms with Gasteiger partial charge in [-0.25, -0.2) is 19.3 Å². The van der Waals surface area contributed by atoms with Crippen LogP contribution in [0.2, 0.25) is 0 Å². The van der Waals surface area contributed by atoms with Crippen molar-refractivity contribution in [1.82, 2.24) is 20.0 Å². The molecule has 0 spiro atoms. The van der Waals surface area contributed by atoms with Gasteiger partial charge in [0.25, 0.3) is 0 Å². The number of carboxylic acid groups (broad SMARTS) is 2. The number of hydrazone groups is 1. The number of pyridine rings is 1. The van der Waals surface area contributed by atoms with Crippen molar-refractivity contribution >= 4 is 29.6 Å². The van der Waals surface area contributed by atoms with Gasteiger partial charge < -0.3 is 26.3 Å². The SMILES string of the molecule is Cc1cc(/C(C=Nc2ccc(C(=O)O)c(O)c2)=N/N)nc(-c2cn(-c3ccc(C(=O)O)c(O)c3)nn2)c1. The molecule has 0 saturated heterocycles. The van der Waals surface area contributed by atoms with Crippen LogP contribution in [0, 0.1) is 6.92 Å². The molecular formula is C24H19N7O6. The molecule has 0 aliphatic rings. The molecule has 4 aromatic rings. The lowest BCUT2D eigenvalue weighted by atomic mass is 10.1. The predicted molar refractivity (Wildman–Crippen MR) is 132 cm³/mol. The normalized spacial score (nSPS) is 11.6. The number of aromatic nitrogens is 4. The number of aromatic hydroxyl groups is 2. The lowest BCUT2D eigenvalue weighted by molar-refractivity contribution is 0.0682. The second-order valence-corrected chi connectivity index (χ2v) is 7.75. The van der Waals surface area contributed by atoms with E-state index >= 15 is 0 Å². The third kappa shape index (κ3) is 5.24. The Kier molecular flexibility index (Phi) is 6.60. The summed E-state index contributed by atoms with van der Waals surface area (Å²) in [5.74, 6) is 2.20. The van der Waals surface area contributed by atoms with E-state index in [-0.39, 0.29) is 22.5 Å². The number of rotatable bonds is 7. The third-order valence-electron chi connectivity index (χ3n) is 5.15. The van der Waals surface area contributed by atoms with E-state index in [1.165, 1.54) is 47.3 Å². The molecular weight excluding hydrogens is 482 g/mol. The van der Waals surface area contributed by atoms with Crippen LogP contribution in [-0.2, 0) is 0 Å². The van der Waals surface area contributed by atoms with Gasteiger partial charge in [-0.15, -0.1) is 5.10 Å². The molecule has 0 aliphatic heterocycles. The number of nitrogens with two attached hydrogens (primary N) is 1. The summed E-state index contributed by atoms with van der Waals surface area (Å²) in [6.45, 7) is 1.83. The van der Waals surface area contributed by atoms with E-state index in [0.29, 0.717) is 22.8 Å². The molecule has 2 aromatic heterocycles. The smallest absolute Gasteiger partial charge is 0.339 e. The highest BCUT2D eigenvalue weighted by Crippen LogP contribution is 2.25. The van der Waals surface area contributed by atoms with E-state index < -0.39 is 23.4 Å². The molecule has 0 saturated carbocycles. The van der Waals surface area contributed by atoms with Gasteiger partial charge in [0.05, 0.1) is 35.2 Å². The van der Waals surface area contributed by atoms with E-state index in [0.717, 1.165) is 5.56 Å². The number of hydrogen-bond acceptors (Lipinski definition) is 10. The molecule has 0 fully saturated rings. The quantitative estimate of drug-likeness (QED) is 0.142. The van der Waals surface area contributed by atoms with Crippen LogP contribution in [0.15, 0.2) is 64.8 Å². The molecule has 0 amide bonds. The van der Waals surface area contributed by atoms with Crippen molar-refractivity contribution in [3.8, 4) is 28.6 Å². The molecule has 2 heterocycles. The largest absolute Gasteiger partial charge is 0.507 e. The van der Waals surface area contributed by atoms with Crippen LogP contribution in [0.4, 0.5) is 5.69 Å². The van der Waals surface area contributed by atoms with E-state index in [1.54, 1.807) is 18.3 Å². The van der Waals surface area contributed by atoms with Gasteiger partial charge in [0.15, 0.2) is 0 Å². The summed E-state index contributed by atoms with van der Waals surface area (Å²) in [4.78, 5) is 30.9. The first-order valence-corrected chi connectivity index (χ1v) is 10.5. The minimum Gasteiger partial charge on any atom is -0.507 e. The fourth-order valence-corrected chi connectivity index (χ4v) is 3.36. The number of aryl methyl sites for hydroxylation is 1. The number of benzene rings is 2. The standard InChI is InChI=1S/C24H19N7O6/c1-12-6-17(19(28-25)10-26-13-2-4-15(23(34)35)21(32)8-13)27-18(7-12)20-11-31(30-29-20)14-3-5-16(24(36)37)22(33)9-14/h2-11,32-33H,25H2,1H3,(H,34,35)(H,36,37)/b26-10?,28-19+. The molecule has 13 nitrogen and oxygen atoms in total. The van der Waals surface area contributed by atoms with Crippen LogP contribution >= 0.6 is 0 Å². The zero-order chi connectivity index (χ0) is 26.7. The zero-order valence-electron chi connectivity index (χ0n) is 19.1. The Bertz CT molecular complexity index is 1590. The first-order chi connectivity index (χ1) is 17.7. The van der Waals surface area contributed by atoms with Crippen molar-refractivity contribution in [2.45, 2.75) is 6.92 Å². The summed E-state index contributed by atoms with van der Waals surface area (Å²) in [6.07, 6.45) is 2.88. The van der Waals surface area contributed by atoms with Crippen molar-refractivity contribution in [2.24, 2.45) is 15.9 Å². The molecule has 0 unspecified atom stereocenters. The molecule has 186 valence electrons. The summed E-state index contributed by atoms with van der Waals surface area (Å²) in [6, 6.07) is 11.3. The molecule has 37 heavy (non-hydrogen) atoms. The Labute approximate surface area is 208 Å². The maximum absolute atomic E-state index is 11.1. The predicted octanol–water partition coefficient (Wildman–Crippen LogP) is 2.51. The lowest BCUT2D eigenvalue weighted by Gasteiger charge is -2.05. The Morgan fingerprint density at radius 1 is 0.946 bits per heavy atom. The van der Waals surface area contributed by atoms with E-state index in [2.05, 4.69) is 25.4 Å². The Balaban J connectivity index is 1.62. The fourth-order valence-electron chi connectivity index (χ4n) is 3.36. The fraction of sp³-hybridized carbons (Fsp3) is 0.0417. The Morgan fingerprint density at radius 2 is 1.62 bits per heavy atom. The maximum Gasteiger partial charge on any atom is 0.339 e. The average Bonchev–Trinajstić information content (AvgIpc) is 3.34. The average molecular weight is 501 g/mol. The van der Waals surface area contributed by atoms with Gasteiger partial charge in [0.1, 0.15) is 34.0 Å². The number of phenols is 2. The summed E-state index contributed by atoms with van der Waals surface area (Å²) < 4.78 is 1.36. The maximum atomic E-state index is 11.1. The van der Waals surface area contributed by atoms with Crippen molar-refractivity contribution < 1.29 is 30.0 Å². The minimum absolute atomic E-state index is 0.202. The summed E-state index contributed by atoms with van der Waals surface area (Å²) in [7, 11) is 0. The summed E-state index contributed by atoms with van der Waals surface area (Å²) in [5.41, 5.74) is 2.37. The van der Waals surface area contributed by atoms with Gasteiger partial charge >= 0.3 is 11.9 Å². The molecule has 2 aromatic carbocycles. The van der Waals surface area contributed by atoms with Gasteiger partial charge in [-0.3, -0.25) is 4.99 Å². The molecule has 13 heteroatoms. The minimum atomic E-state index is -1.26. The second kappa shape index (κ2) is 9.95. The molecule has 6 N–H and O–H groups in total. The van der Waals surface area contributed by atoms with Gasteiger partial charge in [-0.05, 0) is 48.9 Å². The van der Waals surface area contributed by atoms with Crippen LogP contribution in [-0.4, -0.2) is 64.3 Å². The number of hydrogen-bond donors (Lipinski definition) is 5. The Hall–Kier alpha value is -5.59. The molecule has 0 bridgehead atoms. The summed E-state index contributed by atoms with van der Waals surface area (Å²) >= 11 is 0. The molecule has 0 aliphatic carbocycles. The number of nitrogens with zero attached hydrogens (tertiary/aromatic N) is 6. The lowest BCUT2D eigenvalue weighted by Crippen LogP contribution is -2.09. The highest BCUT2D eigenvalue weighted by molar-refractivity contribution is 6.38. The van der Waals surface area contributed by atoms with Crippen molar-refractivity contribution in [3.63, 3.8) is 0 Å². The number of aliphatic imine (C=N–C) groups is 1. The first-order valence-electron chi connectivity index (χ1n) is 10.5. The van der Waals surface area contributed by atoms with Gasteiger partial charge in [-0.1, -0.05) is 5.21 Å². The highest BCUT2D eigenvalue weighted by atomic mass is 16.4. The van der Waals surface area contributed by atoms with Crippen molar-refractivity contribution in [2.75, 3.05) is 0 Å².